The van der Waals surface area contributed by atoms with Gasteiger partial charge >= 0.3 is 0 Å². The molecular weight excluding hydrogens is 328 g/mol. The van der Waals surface area contributed by atoms with Crippen molar-refractivity contribution < 1.29 is 13.8 Å². The quantitative estimate of drug-likeness (QED) is 0.706. The van der Waals surface area contributed by atoms with E-state index in [9.17, 15) is 4.79 Å². The van der Waals surface area contributed by atoms with Crippen molar-refractivity contribution in [3.8, 4) is 11.4 Å². The van der Waals surface area contributed by atoms with Crippen LogP contribution in [0.25, 0.3) is 11.4 Å². The summed E-state index contributed by atoms with van der Waals surface area (Å²) >= 11 is 1.57. The highest BCUT2D eigenvalue weighted by Crippen LogP contribution is 2.19. The second-order valence-electron chi connectivity index (χ2n) is 5.67. The van der Waals surface area contributed by atoms with Gasteiger partial charge in [0.25, 0.3) is 0 Å². The van der Waals surface area contributed by atoms with Crippen molar-refractivity contribution in [2.24, 2.45) is 0 Å². The molecule has 3 rings (SSSR count). The lowest BCUT2D eigenvalue weighted by Gasteiger charge is -2.00. The summed E-state index contributed by atoms with van der Waals surface area (Å²) in [5, 5.41) is 14.6. The Labute approximate surface area is 143 Å². The number of thiophene rings is 1. The van der Waals surface area contributed by atoms with E-state index in [1.807, 2.05) is 36.7 Å². The molecule has 1 amide bonds. The van der Waals surface area contributed by atoms with Gasteiger partial charge in [0.05, 0.1) is 12.2 Å². The van der Waals surface area contributed by atoms with Gasteiger partial charge < -0.3 is 14.4 Å². The molecule has 0 aromatic carbocycles. The summed E-state index contributed by atoms with van der Waals surface area (Å²) in [7, 11) is 0. The number of hydrogen-bond donors (Lipinski definition) is 1. The second-order valence-corrected chi connectivity index (χ2v) is 6.45. The number of hydrogen-bond acceptors (Lipinski definition) is 7. The third-order valence-electron chi connectivity index (χ3n) is 3.44. The zero-order valence-electron chi connectivity index (χ0n) is 13.5. The van der Waals surface area contributed by atoms with Crippen molar-refractivity contribution in [1.29, 1.82) is 0 Å². The number of carbonyl (C=O) groups is 1. The Morgan fingerprint density at radius 2 is 2.21 bits per heavy atom. The first kappa shape index (κ1) is 16.4. The molecule has 3 aromatic heterocycles. The number of amides is 1. The minimum atomic E-state index is -0.104. The standard InChI is InChI=1S/C16H18N4O3S/c1-10(2)13-7-12(22-19-13)8-17-14(21)3-4-15-18-16(20-23-15)11-5-6-24-9-11/h5-7,9-10H,3-4,8H2,1-2H3,(H,17,21). The van der Waals surface area contributed by atoms with Gasteiger partial charge in [0.1, 0.15) is 0 Å². The zero-order valence-corrected chi connectivity index (χ0v) is 14.3. The molecule has 0 aliphatic heterocycles. The van der Waals surface area contributed by atoms with Crippen LogP contribution in [0.4, 0.5) is 0 Å². The first-order valence-electron chi connectivity index (χ1n) is 7.69. The molecule has 0 fully saturated rings. The fraction of sp³-hybridized carbons (Fsp3) is 0.375. The predicted molar refractivity (Wildman–Crippen MR) is 88.4 cm³/mol. The Morgan fingerprint density at radius 3 is 2.92 bits per heavy atom. The van der Waals surface area contributed by atoms with E-state index < -0.39 is 0 Å². The summed E-state index contributed by atoms with van der Waals surface area (Å²) in [6.45, 7) is 4.40. The molecule has 0 unspecified atom stereocenters. The Hall–Kier alpha value is -2.48. The lowest BCUT2D eigenvalue weighted by molar-refractivity contribution is -0.121. The van der Waals surface area contributed by atoms with Gasteiger partial charge in [-0.1, -0.05) is 24.2 Å². The maximum atomic E-state index is 11.9. The van der Waals surface area contributed by atoms with Gasteiger partial charge in [-0.2, -0.15) is 16.3 Å². The summed E-state index contributed by atoms with van der Waals surface area (Å²) in [6.07, 6.45) is 0.674. The lowest BCUT2D eigenvalue weighted by Crippen LogP contribution is -2.22. The monoisotopic (exact) mass is 346 g/mol. The predicted octanol–water partition coefficient (Wildman–Crippen LogP) is 3.16. The van der Waals surface area contributed by atoms with E-state index in [4.69, 9.17) is 9.05 Å². The molecule has 0 atom stereocenters. The van der Waals surface area contributed by atoms with E-state index in [0.717, 1.165) is 11.3 Å². The normalized spacial score (nSPS) is 11.1. The fourth-order valence-electron chi connectivity index (χ4n) is 2.04. The van der Waals surface area contributed by atoms with Gasteiger partial charge in [0, 0.05) is 29.9 Å². The van der Waals surface area contributed by atoms with E-state index in [0.29, 0.717) is 36.4 Å². The van der Waals surface area contributed by atoms with E-state index in [-0.39, 0.29) is 12.3 Å². The topological polar surface area (TPSA) is 94.1 Å². The minimum Gasteiger partial charge on any atom is -0.359 e. The smallest absolute Gasteiger partial charge is 0.227 e. The first-order valence-corrected chi connectivity index (χ1v) is 8.63. The molecule has 24 heavy (non-hydrogen) atoms. The Balaban J connectivity index is 1.45. The second kappa shape index (κ2) is 7.39. The number of aryl methyl sites for hydroxylation is 1. The molecule has 7 nitrogen and oxygen atoms in total. The third-order valence-corrected chi connectivity index (χ3v) is 4.13. The van der Waals surface area contributed by atoms with Gasteiger partial charge in [-0.05, 0) is 17.4 Å². The average molecular weight is 346 g/mol. The molecule has 8 heteroatoms. The summed E-state index contributed by atoms with van der Waals surface area (Å²) < 4.78 is 10.3. The SMILES string of the molecule is CC(C)c1cc(CNC(=O)CCc2nc(-c3ccsc3)no2)on1. The van der Waals surface area contributed by atoms with Crippen LogP contribution in [-0.4, -0.2) is 21.2 Å². The van der Waals surface area contributed by atoms with Crippen LogP contribution >= 0.6 is 11.3 Å². The average Bonchev–Trinajstić information content (AvgIpc) is 3.31. The number of aromatic nitrogens is 3. The van der Waals surface area contributed by atoms with Crippen LogP contribution in [0, 0.1) is 0 Å². The molecular formula is C16H18N4O3S. The maximum Gasteiger partial charge on any atom is 0.227 e. The van der Waals surface area contributed by atoms with Crippen LogP contribution in [0.5, 0.6) is 0 Å². The van der Waals surface area contributed by atoms with Gasteiger partial charge in [0.15, 0.2) is 5.76 Å². The highest BCUT2D eigenvalue weighted by molar-refractivity contribution is 7.08. The van der Waals surface area contributed by atoms with E-state index in [1.54, 1.807) is 11.3 Å². The van der Waals surface area contributed by atoms with Crippen LogP contribution in [0.1, 0.15) is 43.5 Å². The Morgan fingerprint density at radius 1 is 1.33 bits per heavy atom. The number of carbonyl (C=O) groups excluding carboxylic acids is 1. The summed E-state index contributed by atoms with van der Waals surface area (Å²) in [5.74, 6) is 1.84. The molecule has 3 heterocycles. The van der Waals surface area contributed by atoms with E-state index >= 15 is 0 Å². The van der Waals surface area contributed by atoms with Crippen LogP contribution in [-0.2, 0) is 17.8 Å². The molecule has 0 aliphatic carbocycles. The number of rotatable bonds is 7. The molecule has 126 valence electrons. The highest BCUT2D eigenvalue weighted by Gasteiger charge is 2.12. The molecule has 0 saturated carbocycles. The number of nitrogens with one attached hydrogen (secondary N) is 1. The molecule has 0 spiro atoms. The number of nitrogens with zero attached hydrogens (tertiary/aromatic N) is 3. The van der Waals surface area contributed by atoms with Crippen LogP contribution in [0.2, 0.25) is 0 Å². The lowest BCUT2D eigenvalue weighted by atomic mass is 10.1. The largest absolute Gasteiger partial charge is 0.359 e. The first-order chi connectivity index (χ1) is 11.6. The van der Waals surface area contributed by atoms with Crippen LogP contribution < -0.4 is 5.32 Å². The summed E-state index contributed by atoms with van der Waals surface area (Å²) in [4.78, 5) is 16.2. The maximum absolute atomic E-state index is 11.9. The molecule has 0 radical (unpaired) electrons. The fourth-order valence-corrected chi connectivity index (χ4v) is 2.68. The van der Waals surface area contributed by atoms with Crippen molar-refractivity contribution in [2.45, 2.75) is 39.2 Å². The summed E-state index contributed by atoms with van der Waals surface area (Å²) in [5.41, 5.74) is 1.80. The molecule has 1 N–H and O–H groups in total. The molecule has 0 aliphatic rings. The third kappa shape index (κ3) is 4.08. The van der Waals surface area contributed by atoms with Crippen molar-refractivity contribution in [3.63, 3.8) is 0 Å². The Bertz CT molecular complexity index is 792. The molecule has 0 bridgehead atoms. The molecule has 3 aromatic rings. The Kier molecular flexibility index (Phi) is 5.05. The van der Waals surface area contributed by atoms with Crippen LogP contribution in [0.3, 0.4) is 0 Å². The van der Waals surface area contributed by atoms with Gasteiger partial charge in [0.2, 0.25) is 17.6 Å². The van der Waals surface area contributed by atoms with E-state index in [1.165, 1.54) is 0 Å². The summed E-state index contributed by atoms with van der Waals surface area (Å²) in [6, 6.07) is 3.78. The van der Waals surface area contributed by atoms with Gasteiger partial charge in [-0.15, -0.1) is 0 Å². The van der Waals surface area contributed by atoms with Gasteiger partial charge in [-0.25, -0.2) is 0 Å². The van der Waals surface area contributed by atoms with Crippen molar-refractivity contribution in [2.75, 3.05) is 0 Å². The molecule has 0 saturated heterocycles. The zero-order chi connectivity index (χ0) is 16.9. The van der Waals surface area contributed by atoms with Crippen molar-refractivity contribution >= 4 is 17.2 Å². The van der Waals surface area contributed by atoms with E-state index in [2.05, 4.69) is 20.6 Å². The van der Waals surface area contributed by atoms with Crippen molar-refractivity contribution in [1.82, 2.24) is 20.6 Å². The van der Waals surface area contributed by atoms with Gasteiger partial charge in [-0.3, -0.25) is 4.79 Å². The van der Waals surface area contributed by atoms with Crippen LogP contribution in [0.15, 0.2) is 31.9 Å². The van der Waals surface area contributed by atoms with Crippen molar-refractivity contribution in [3.05, 3.63) is 40.2 Å². The highest BCUT2D eigenvalue weighted by atomic mass is 32.1. The minimum absolute atomic E-state index is 0.104.